The fourth-order valence-corrected chi connectivity index (χ4v) is 13.5. The van der Waals surface area contributed by atoms with Crippen LogP contribution >= 0.6 is 90.7 Å². The molecule has 0 radical (unpaired) electrons. The highest BCUT2D eigenvalue weighted by atomic mass is 32.1. The van der Waals surface area contributed by atoms with E-state index < -0.39 is 11.9 Å². The number of rotatable bonds is 3. The van der Waals surface area contributed by atoms with E-state index in [1.165, 1.54) is 57.5 Å². The molecule has 0 aliphatic carbocycles. The molecule has 0 spiro atoms. The monoisotopic (exact) mass is 628 g/mol. The number of thiazole rings is 2. The Hall–Kier alpha value is -1.78. The molecule has 0 fully saturated rings. The molecule has 0 aliphatic heterocycles. The van der Waals surface area contributed by atoms with Crippen LogP contribution in [0.3, 0.4) is 0 Å². The maximum Gasteiger partial charge on any atom is 0.233 e. The van der Waals surface area contributed by atoms with Crippen LogP contribution in [0.5, 0.6) is 0 Å². The van der Waals surface area contributed by atoms with Crippen molar-refractivity contribution in [3.8, 4) is 29.5 Å². The summed E-state index contributed by atoms with van der Waals surface area (Å²) in [5.41, 5.74) is 0. The Balaban J connectivity index is 1.19. The van der Waals surface area contributed by atoms with Crippen molar-refractivity contribution < 1.29 is 17.6 Å². The molecule has 0 aliphatic rings. The van der Waals surface area contributed by atoms with E-state index in [4.69, 9.17) is 0 Å². The van der Waals surface area contributed by atoms with Gasteiger partial charge in [0.1, 0.15) is 19.8 Å². The molecule has 0 amide bonds. The van der Waals surface area contributed by atoms with Gasteiger partial charge in [-0.25, -0.2) is 9.97 Å². The maximum atomic E-state index is 14.9. The van der Waals surface area contributed by atoms with Gasteiger partial charge in [0.2, 0.25) is 11.9 Å². The van der Waals surface area contributed by atoms with Crippen LogP contribution in [-0.2, 0) is 0 Å². The zero-order chi connectivity index (χ0) is 24.3. The second-order valence-electron chi connectivity index (χ2n) is 7.58. The molecule has 0 bridgehead atoms. The lowest BCUT2D eigenvalue weighted by atomic mass is 10.4. The summed E-state index contributed by atoms with van der Waals surface area (Å²) in [4.78, 5) is 9.90. The average Bonchev–Trinajstić information content (AvgIpc) is 3.62. The zero-order valence-electron chi connectivity index (χ0n) is 17.0. The van der Waals surface area contributed by atoms with Gasteiger partial charge in [-0.2, -0.15) is 17.6 Å². The smallest absolute Gasteiger partial charge is 0.206 e. The van der Waals surface area contributed by atoms with Crippen LogP contribution in [0.2, 0.25) is 0 Å². The quantitative estimate of drug-likeness (QED) is 0.182. The van der Waals surface area contributed by atoms with E-state index in [-0.39, 0.29) is 20.0 Å². The van der Waals surface area contributed by atoms with Crippen LogP contribution in [0.15, 0.2) is 24.3 Å². The highest BCUT2D eigenvalue weighted by Gasteiger charge is 2.25. The molecular weight excluding hydrogens is 625 g/mol. The predicted molar refractivity (Wildman–Crippen MR) is 151 cm³/mol. The molecule has 8 aromatic rings. The molecule has 0 atom stereocenters. The number of halogens is 4. The minimum Gasteiger partial charge on any atom is -0.206 e. The number of hydrogen-bond acceptors (Lipinski definition) is 10. The van der Waals surface area contributed by atoms with Gasteiger partial charge in [0.05, 0.1) is 38.0 Å². The van der Waals surface area contributed by atoms with Gasteiger partial charge in [-0.1, -0.05) is 0 Å². The summed E-state index contributed by atoms with van der Waals surface area (Å²) in [6, 6.07) is 6.92. The maximum absolute atomic E-state index is 14.9. The van der Waals surface area contributed by atoms with Crippen LogP contribution in [0, 0.1) is 22.2 Å². The molecule has 36 heavy (non-hydrogen) atoms. The molecule has 2 nitrogen and oxygen atoms in total. The number of nitrogens with zero attached hydrogens (tertiary/aromatic N) is 2. The van der Waals surface area contributed by atoms with Crippen molar-refractivity contribution in [2.45, 2.75) is 0 Å². The van der Waals surface area contributed by atoms with Gasteiger partial charge in [0.25, 0.3) is 0 Å². The molecule has 8 heterocycles. The Morgan fingerprint density at radius 2 is 0.833 bits per heavy atom. The first-order valence-corrected chi connectivity index (χ1v) is 16.5. The fraction of sp³-hybridized carbons (Fsp3) is 0. The van der Waals surface area contributed by atoms with Crippen molar-refractivity contribution in [3.63, 3.8) is 0 Å². The van der Waals surface area contributed by atoms with Crippen LogP contribution in [0.4, 0.5) is 17.6 Å². The van der Waals surface area contributed by atoms with Crippen LogP contribution in [0.25, 0.3) is 67.1 Å². The van der Waals surface area contributed by atoms with E-state index in [1.54, 1.807) is 0 Å². The summed E-state index contributed by atoms with van der Waals surface area (Å²) in [6.45, 7) is 0. The Morgan fingerprint density at radius 3 is 1.28 bits per heavy atom. The zero-order valence-corrected chi connectivity index (χ0v) is 23.5. The SMILES string of the molecule is Fc1cc2sc3cc(-c4nc(F)c(-c5sc(-c6cc7sc8cc(F)sc8c7s6)nc5F)s4)sc3c2s1. The van der Waals surface area contributed by atoms with E-state index in [0.29, 0.717) is 10.0 Å². The lowest BCUT2D eigenvalue weighted by Gasteiger charge is -1.89. The first-order chi connectivity index (χ1) is 17.4. The third-order valence-corrected chi connectivity index (χ3v) is 15.1. The third kappa shape index (κ3) is 3.26. The highest BCUT2D eigenvalue weighted by Crippen LogP contribution is 2.50. The molecule has 0 saturated heterocycles. The molecule has 8 aromatic heterocycles. The summed E-state index contributed by atoms with van der Waals surface area (Å²) in [6.07, 6.45) is 0. The minimum absolute atomic E-state index is 0.108. The third-order valence-electron chi connectivity index (χ3n) is 5.38. The fourth-order valence-electron chi connectivity index (χ4n) is 3.92. The summed E-state index contributed by atoms with van der Waals surface area (Å²) in [7, 11) is 0. The van der Waals surface area contributed by atoms with Crippen molar-refractivity contribution in [1.29, 1.82) is 0 Å². The van der Waals surface area contributed by atoms with E-state index in [0.717, 1.165) is 92.7 Å². The first kappa shape index (κ1) is 22.2. The van der Waals surface area contributed by atoms with Gasteiger partial charge < -0.3 is 0 Å². The lowest BCUT2D eigenvalue weighted by molar-refractivity contribution is 0.583. The van der Waals surface area contributed by atoms with E-state index in [2.05, 4.69) is 9.97 Å². The van der Waals surface area contributed by atoms with Gasteiger partial charge in [-0.15, -0.1) is 90.7 Å². The van der Waals surface area contributed by atoms with E-state index in [1.807, 2.05) is 12.1 Å². The number of thiophene rings is 6. The second kappa shape index (κ2) is 7.86. The molecule has 0 saturated carbocycles. The molecule has 0 unspecified atom stereocenters. The standard InChI is InChI=1S/C22H4F4N2S8/c23-11-3-7-15(33-11)13-5(29-7)1-9(31-13)21-27-19(25)17(35-21)18-20(26)28-22(36-18)10-2-6-14(32-10)16-8(30-6)4-12(24)34-16/h1-4H. The van der Waals surface area contributed by atoms with Crippen molar-refractivity contribution in [2.24, 2.45) is 0 Å². The van der Waals surface area contributed by atoms with E-state index >= 15 is 0 Å². The van der Waals surface area contributed by atoms with Crippen molar-refractivity contribution in [1.82, 2.24) is 9.97 Å². The van der Waals surface area contributed by atoms with Crippen molar-refractivity contribution in [2.75, 3.05) is 0 Å². The summed E-state index contributed by atoms with van der Waals surface area (Å²) >= 11 is 10.2. The summed E-state index contributed by atoms with van der Waals surface area (Å²) in [5, 5.41) is 0.442. The molecular formula is C22H4F4N2S8. The van der Waals surface area contributed by atoms with Crippen molar-refractivity contribution >= 4 is 128 Å². The summed E-state index contributed by atoms with van der Waals surface area (Å²) in [5.74, 6) is -1.48. The number of hydrogen-bond donors (Lipinski definition) is 0. The largest absolute Gasteiger partial charge is 0.233 e. The van der Waals surface area contributed by atoms with Crippen LogP contribution in [-0.4, -0.2) is 9.97 Å². The van der Waals surface area contributed by atoms with Crippen molar-refractivity contribution in [3.05, 3.63) is 46.4 Å². The first-order valence-electron chi connectivity index (χ1n) is 9.98. The van der Waals surface area contributed by atoms with Gasteiger partial charge >= 0.3 is 0 Å². The Labute approximate surface area is 230 Å². The Kier molecular flexibility index (Phi) is 4.86. The summed E-state index contributed by atoms with van der Waals surface area (Å²) < 4.78 is 64.7. The van der Waals surface area contributed by atoms with Gasteiger partial charge in [0.15, 0.2) is 10.3 Å². The lowest BCUT2D eigenvalue weighted by Crippen LogP contribution is -1.80. The average molecular weight is 629 g/mol. The van der Waals surface area contributed by atoms with Gasteiger partial charge in [0, 0.05) is 21.5 Å². The Bertz CT molecular complexity index is 1970. The van der Waals surface area contributed by atoms with Crippen LogP contribution in [0.1, 0.15) is 0 Å². The predicted octanol–water partition coefficient (Wildman–Crippen LogP) is 11.1. The number of aromatic nitrogens is 2. The normalized spacial score (nSPS) is 12.4. The van der Waals surface area contributed by atoms with Gasteiger partial charge in [-0.3, -0.25) is 0 Å². The second-order valence-corrected chi connectivity index (χ2v) is 15.9. The van der Waals surface area contributed by atoms with E-state index in [9.17, 15) is 17.6 Å². The highest BCUT2D eigenvalue weighted by molar-refractivity contribution is 7.40. The topological polar surface area (TPSA) is 25.8 Å². The Morgan fingerprint density at radius 1 is 0.444 bits per heavy atom. The van der Waals surface area contributed by atoms with Crippen LogP contribution < -0.4 is 0 Å². The molecule has 8 rings (SSSR count). The molecule has 0 N–H and O–H groups in total. The van der Waals surface area contributed by atoms with Gasteiger partial charge in [-0.05, 0) is 12.1 Å². The number of fused-ring (bicyclic) bond motifs is 6. The molecule has 178 valence electrons. The minimum atomic E-state index is -0.740. The molecule has 14 heteroatoms. The molecule has 0 aromatic carbocycles.